The van der Waals surface area contributed by atoms with Gasteiger partial charge in [0.15, 0.2) is 0 Å². The molecule has 0 radical (unpaired) electrons. The van der Waals surface area contributed by atoms with Crippen LogP contribution in [0.25, 0.3) is 17.0 Å². The molecule has 0 fully saturated rings. The van der Waals surface area contributed by atoms with Gasteiger partial charge in [0, 0.05) is 12.4 Å². The molecule has 23 heavy (non-hydrogen) atoms. The Morgan fingerprint density at radius 2 is 2.13 bits per heavy atom. The largest absolute Gasteiger partial charge is 0.508 e. The van der Waals surface area contributed by atoms with Gasteiger partial charge in [-0.25, -0.2) is 4.98 Å². The first-order valence-corrected chi connectivity index (χ1v) is 6.90. The summed E-state index contributed by atoms with van der Waals surface area (Å²) in [4.78, 5) is 3.72. The molecule has 2 aromatic heterocycles. The summed E-state index contributed by atoms with van der Waals surface area (Å²) in [5.41, 5.74) is 0.900. The van der Waals surface area contributed by atoms with Gasteiger partial charge in [0.2, 0.25) is 5.95 Å². The Morgan fingerprint density at radius 1 is 1.26 bits per heavy atom. The smallest absolute Gasteiger partial charge is 0.230 e. The molecule has 2 N–H and O–H groups in total. The van der Waals surface area contributed by atoms with Gasteiger partial charge >= 0.3 is 0 Å². The molecule has 0 bridgehead atoms. The second kappa shape index (κ2) is 6.24. The van der Waals surface area contributed by atoms with Crippen LogP contribution in [0.5, 0.6) is 5.75 Å². The summed E-state index contributed by atoms with van der Waals surface area (Å²) < 4.78 is 19.2. The van der Waals surface area contributed by atoms with Gasteiger partial charge in [-0.2, -0.15) is 4.39 Å². The Hall–Kier alpha value is -3.26. The fraction of sp³-hybridized carbons (Fsp3) is 0.0556. The zero-order valence-corrected chi connectivity index (χ0v) is 12.3. The molecule has 0 saturated heterocycles. The summed E-state index contributed by atoms with van der Waals surface area (Å²) in [6.07, 6.45) is 3.25. The van der Waals surface area contributed by atoms with Crippen molar-refractivity contribution in [2.75, 3.05) is 12.4 Å². The third kappa shape index (κ3) is 3.33. The van der Waals surface area contributed by atoms with Crippen LogP contribution in [0.2, 0.25) is 0 Å². The molecule has 4 nitrogen and oxygen atoms in total. The second-order valence-corrected chi connectivity index (χ2v) is 4.76. The lowest BCUT2D eigenvalue weighted by Gasteiger charge is -1.98. The molecule has 5 heteroatoms. The Kier molecular flexibility index (Phi) is 3.98. The molecule has 2 heterocycles. The molecule has 114 valence electrons. The minimum absolute atomic E-state index is 0.182. The number of hydrogen-bond acceptors (Lipinski definition) is 4. The van der Waals surface area contributed by atoms with Gasteiger partial charge in [-0.05, 0) is 48.6 Å². The van der Waals surface area contributed by atoms with Gasteiger partial charge in [0.05, 0.1) is 5.56 Å². The average molecular weight is 308 g/mol. The highest BCUT2D eigenvalue weighted by atomic mass is 19.1. The number of phenols is 1. The van der Waals surface area contributed by atoms with E-state index in [1.807, 2.05) is 0 Å². The molecule has 0 amide bonds. The number of pyridine rings is 1. The summed E-state index contributed by atoms with van der Waals surface area (Å²) in [5, 5.41) is 13.0. The lowest BCUT2D eigenvalue weighted by atomic mass is 10.2. The monoisotopic (exact) mass is 308 g/mol. The fourth-order valence-corrected chi connectivity index (χ4v) is 2.04. The van der Waals surface area contributed by atoms with Gasteiger partial charge in [0.1, 0.15) is 22.9 Å². The number of hydrogen-bond donors (Lipinski definition) is 2. The van der Waals surface area contributed by atoms with E-state index in [1.165, 1.54) is 0 Å². The van der Waals surface area contributed by atoms with Crippen molar-refractivity contribution in [1.29, 1.82) is 0 Å². The van der Waals surface area contributed by atoms with Gasteiger partial charge in [-0.3, -0.25) is 0 Å². The molecule has 0 spiro atoms. The second-order valence-electron chi connectivity index (χ2n) is 4.76. The third-order valence-corrected chi connectivity index (χ3v) is 3.16. The van der Waals surface area contributed by atoms with E-state index < -0.39 is 5.95 Å². The van der Waals surface area contributed by atoms with E-state index in [0.717, 1.165) is 5.39 Å². The number of halogens is 1. The van der Waals surface area contributed by atoms with Crippen LogP contribution in [0.4, 0.5) is 10.2 Å². The van der Waals surface area contributed by atoms with Crippen LogP contribution >= 0.6 is 0 Å². The molecule has 0 atom stereocenters. The van der Waals surface area contributed by atoms with E-state index in [-0.39, 0.29) is 11.3 Å². The van der Waals surface area contributed by atoms with Crippen molar-refractivity contribution >= 4 is 22.9 Å². The standard InChI is InChI=1S/C18H13FN2O2/c1-20-17-9-6-12(18(19)21-17)4-2-3-5-15-11-13-10-14(22)7-8-16(13)23-15/h3,5-11,22H,1H3,(H,20,21)/b5-3+. The van der Waals surface area contributed by atoms with Crippen LogP contribution in [-0.4, -0.2) is 17.1 Å². The SMILES string of the molecule is CNc1ccc(C#C/C=C/c2cc3cc(O)ccc3o2)c(F)n1. The lowest BCUT2D eigenvalue weighted by Crippen LogP contribution is -1.96. The van der Waals surface area contributed by atoms with Crippen LogP contribution in [0.15, 0.2) is 46.9 Å². The predicted molar refractivity (Wildman–Crippen MR) is 87.5 cm³/mol. The van der Waals surface area contributed by atoms with Gasteiger partial charge in [0.25, 0.3) is 0 Å². The maximum Gasteiger partial charge on any atom is 0.230 e. The van der Waals surface area contributed by atoms with Crippen molar-refractivity contribution in [3.63, 3.8) is 0 Å². The van der Waals surface area contributed by atoms with Crippen molar-refractivity contribution in [3.8, 4) is 17.6 Å². The van der Waals surface area contributed by atoms with Gasteiger partial charge < -0.3 is 14.8 Å². The zero-order chi connectivity index (χ0) is 16.2. The van der Waals surface area contributed by atoms with Crippen molar-refractivity contribution in [1.82, 2.24) is 4.98 Å². The maximum absolute atomic E-state index is 13.6. The number of furan rings is 1. The highest BCUT2D eigenvalue weighted by Gasteiger charge is 2.02. The van der Waals surface area contributed by atoms with Crippen molar-refractivity contribution in [2.45, 2.75) is 0 Å². The predicted octanol–water partition coefficient (Wildman–Crippen LogP) is 3.78. The topological polar surface area (TPSA) is 58.3 Å². The number of rotatable bonds is 2. The van der Waals surface area contributed by atoms with Crippen LogP contribution in [0.1, 0.15) is 11.3 Å². The minimum atomic E-state index is -0.614. The Morgan fingerprint density at radius 3 is 2.91 bits per heavy atom. The van der Waals surface area contributed by atoms with Crippen molar-refractivity contribution in [3.05, 3.63) is 59.7 Å². The maximum atomic E-state index is 13.6. The number of benzene rings is 1. The van der Waals surface area contributed by atoms with E-state index in [9.17, 15) is 9.50 Å². The van der Waals surface area contributed by atoms with Crippen LogP contribution in [-0.2, 0) is 0 Å². The first-order chi connectivity index (χ1) is 11.2. The van der Waals surface area contributed by atoms with Crippen molar-refractivity contribution < 1.29 is 13.9 Å². The summed E-state index contributed by atoms with van der Waals surface area (Å²) in [7, 11) is 1.67. The zero-order valence-electron chi connectivity index (χ0n) is 12.3. The molecule has 0 saturated carbocycles. The fourth-order valence-electron chi connectivity index (χ4n) is 2.04. The van der Waals surface area contributed by atoms with E-state index >= 15 is 0 Å². The van der Waals surface area contributed by atoms with Crippen LogP contribution < -0.4 is 5.32 Å². The average Bonchev–Trinajstić information content (AvgIpc) is 2.94. The molecule has 3 aromatic rings. The van der Waals surface area contributed by atoms with E-state index in [2.05, 4.69) is 22.1 Å². The summed E-state index contributed by atoms with van der Waals surface area (Å²) in [5.74, 6) is 6.06. The molecule has 0 aliphatic carbocycles. The number of nitrogens with zero attached hydrogens (tertiary/aromatic N) is 1. The lowest BCUT2D eigenvalue weighted by molar-refractivity contribution is 0.476. The van der Waals surface area contributed by atoms with Crippen LogP contribution in [0, 0.1) is 17.8 Å². The summed E-state index contributed by atoms with van der Waals surface area (Å²) >= 11 is 0. The number of anilines is 1. The quantitative estimate of drug-likeness (QED) is 0.559. The number of phenolic OH excluding ortho intramolecular Hbond substituents is 1. The minimum Gasteiger partial charge on any atom is -0.508 e. The molecule has 0 aliphatic heterocycles. The highest BCUT2D eigenvalue weighted by Crippen LogP contribution is 2.24. The Labute approximate surface area is 132 Å². The molecule has 1 aromatic carbocycles. The van der Waals surface area contributed by atoms with E-state index in [4.69, 9.17) is 4.42 Å². The number of aromatic hydroxyl groups is 1. The first kappa shape index (κ1) is 14.7. The highest BCUT2D eigenvalue weighted by molar-refractivity contribution is 5.81. The number of allylic oxidation sites excluding steroid dienone is 1. The molecule has 0 aliphatic rings. The summed E-state index contributed by atoms with van der Waals surface area (Å²) in [6.45, 7) is 0. The molecule has 3 rings (SSSR count). The summed E-state index contributed by atoms with van der Waals surface area (Å²) in [6, 6.07) is 9.88. The van der Waals surface area contributed by atoms with Crippen LogP contribution in [0.3, 0.4) is 0 Å². The Bertz CT molecular complexity index is 949. The van der Waals surface area contributed by atoms with E-state index in [0.29, 0.717) is 17.2 Å². The normalized spacial score (nSPS) is 10.7. The first-order valence-electron chi connectivity index (χ1n) is 6.90. The van der Waals surface area contributed by atoms with Gasteiger partial charge in [-0.15, -0.1) is 0 Å². The number of fused-ring (bicyclic) bond motifs is 1. The van der Waals surface area contributed by atoms with E-state index in [1.54, 1.807) is 55.6 Å². The Balaban J connectivity index is 1.78. The molecular weight excluding hydrogens is 295 g/mol. The number of aromatic nitrogens is 1. The molecule has 0 unspecified atom stereocenters. The van der Waals surface area contributed by atoms with Crippen molar-refractivity contribution in [2.24, 2.45) is 0 Å². The number of nitrogens with one attached hydrogen (secondary N) is 1. The molecular formula is C18H13FN2O2. The third-order valence-electron chi connectivity index (χ3n) is 3.16. The van der Waals surface area contributed by atoms with Gasteiger partial charge in [-0.1, -0.05) is 11.8 Å².